The normalized spacial score (nSPS) is 26.0. The highest BCUT2D eigenvalue weighted by molar-refractivity contribution is 9.11. The van der Waals surface area contributed by atoms with Gasteiger partial charge >= 0.3 is 0 Å². The van der Waals surface area contributed by atoms with Crippen LogP contribution in [0.25, 0.3) is 0 Å². The second kappa shape index (κ2) is 3.92. The Labute approximate surface area is 90.1 Å². The Balaban J connectivity index is 1.81. The van der Waals surface area contributed by atoms with Gasteiger partial charge in [0.2, 0.25) is 5.13 Å². The topological polar surface area (TPSA) is 37.8 Å². The second-order valence-electron chi connectivity index (χ2n) is 3.40. The number of hydrogen-bond donors (Lipinski definition) is 1. The van der Waals surface area contributed by atoms with Crippen molar-refractivity contribution < 1.29 is 0 Å². The molecule has 1 N–H and O–H groups in total. The van der Waals surface area contributed by atoms with Gasteiger partial charge in [-0.15, -0.1) is 10.2 Å². The van der Waals surface area contributed by atoms with E-state index in [1.54, 1.807) is 11.3 Å². The van der Waals surface area contributed by atoms with Crippen molar-refractivity contribution in [2.24, 2.45) is 5.92 Å². The van der Waals surface area contributed by atoms with Crippen molar-refractivity contribution >= 4 is 32.4 Å². The predicted octanol–water partition coefficient (Wildman–Crippen LogP) is 2.90. The largest absolute Gasteiger partial charge is 0.357 e. The number of anilines is 1. The van der Waals surface area contributed by atoms with Gasteiger partial charge in [0, 0.05) is 6.04 Å². The van der Waals surface area contributed by atoms with E-state index in [1.165, 1.54) is 19.3 Å². The van der Waals surface area contributed by atoms with Gasteiger partial charge in [-0.1, -0.05) is 24.7 Å². The summed E-state index contributed by atoms with van der Waals surface area (Å²) in [6.07, 6.45) is 3.91. The summed E-state index contributed by atoms with van der Waals surface area (Å²) < 4.78 is 0.850. The zero-order chi connectivity index (χ0) is 9.26. The molecule has 2 rings (SSSR count). The fraction of sp³-hybridized carbons (Fsp3) is 0.750. The molecule has 0 saturated heterocycles. The Morgan fingerprint density at radius 1 is 1.62 bits per heavy atom. The summed E-state index contributed by atoms with van der Waals surface area (Å²) in [6, 6.07) is 0.653. The van der Waals surface area contributed by atoms with Crippen LogP contribution in [0.15, 0.2) is 3.92 Å². The molecule has 2 atom stereocenters. The Bertz CT molecular complexity index is 289. The van der Waals surface area contributed by atoms with E-state index in [-0.39, 0.29) is 0 Å². The maximum atomic E-state index is 4.00. The summed E-state index contributed by atoms with van der Waals surface area (Å²) in [7, 11) is 0. The molecule has 1 saturated carbocycles. The number of nitrogens with zero attached hydrogens (tertiary/aromatic N) is 2. The van der Waals surface area contributed by atoms with E-state index >= 15 is 0 Å². The third kappa shape index (κ3) is 2.40. The van der Waals surface area contributed by atoms with E-state index in [0.717, 1.165) is 15.0 Å². The lowest BCUT2D eigenvalue weighted by atomic mass is 10.2. The van der Waals surface area contributed by atoms with Gasteiger partial charge in [-0.3, -0.25) is 0 Å². The molecule has 3 nitrogen and oxygen atoms in total. The molecule has 0 radical (unpaired) electrons. The van der Waals surface area contributed by atoms with Crippen LogP contribution in [-0.2, 0) is 0 Å². The number of nitrogens with one attached hydrogen (secondary N) is 1. The van der Waals surface area contributed by atoms with Crippen LogP contribution in [0.5, 0.6) is 0 Å². The summed E-state index contributed by atoms with van der Waals surface area (Å²) in [5.41, 5.74) is 0. The van der Waals surface area contributed by atoms with Crippen LogP contribution < -0.4 is 5.32 Å². The Kier molecular flexibility index (Phi) is 2.83. The molecule has 1 aliphatic rings. The van der Waals surface area contributed by atoms with Crippen LogP contribution in [-0.4, -0.2) is 16.2 Å². The monoisotopic (exact) mass is 261 g/mol. The van der Waals surface area contributed by atoms with Crippen LogP contribution in [0.4, 0.5) is 5.13 Å². The maximum absolute atomic E-state index is 4.00. The van der Waals surface area contributed by atoms with Crippen LogP contribution in [0.1, 0.15) is 26.2 Å². The summed E-state index contributed by atoms with van der Waals surface area (Å²) in [5.74, 6) is 0.868. The van der Waals surface area contributed by atoms with Crippen molar-refractivity contribution in [2.75, 3.05) is 5.32 Å². The zero-order valence-electron chi connectivity index (χ0n) is 7.46. The number of hydrogen-bond acceptors (Lipinski definition) is 4. The smallest absolute Gasteiger partial charge is 0.206 e. The third-order valence-electron chi connectivity index (χ3n) is 2.29. The molecule has 1 fully saturated rings. The molecule has 5 heteroatoms. The Hall–Kier alpha value is -0.160. The van der Waals surface area contributed by atoms with Crippen molar-refractivity contribution in [3.05, 3.63) is 3.92 Å². The van der Waals surface area contributed by atoms with Gasteiger partial charge < -0.3 is 5.32 Å². The Morgan fingerprint density at radius 3 is 3.08 bits per heavy atom. The zero-order valence-corrected chi connectivity index (χ0v) is 9.86. The fourth-order valence-electron chi connectivity index (χ4n) is 1.54. The molecule has 13 heavy (non-hydrogen) atoms. The minimum Gasteiger partial charge on any atom is -0.357 e. The van der Waals surface area contributed by atoms with Crippen molar-refractivity contribution in [2.45, 2.75) is 32.2 Å². The predicted molar refractivity (Wildman–Crippen MR) is 58.0 cm³/mol. The molecule has 2 unspecified atom stereocenters. The van der Waals surface area contributed by atoms with E-state index in [0.29, 0.717) is 6.04 Å². The molecule has 0 spiro atoms. The van der Waals surface area contributed by atoms with Gasteiger partial charge in [0.15, 0.2) is 3.92 Å². The average Bonchev–Trinajstić information content (AvgIpc) is 2.66. The van der Waals surface area contributed by atoms with E-state index in [2.05, 4.69) is 38.4 Å². The summed E-state index contributed by atoms with van der Waals surface area (Å²) in [5, 5.41) is 12.2. The molecule has 0 bridgehead atoms. The average molecular weight is 262 g/mol. The summed E-state index contributed by atoms with van der Waals surface area (Å²) in [6.45, 7) is 2.23. The van der Waals surface area contributed by atoms with Crippen molar-refractivity contribution in [3.63, 3.8) is 0 Å². The van der Waals surface area contributed by atoms with Gasteiger partial charge in [0.25, 0.3) is 0 Å². The Morgan fingerprint density at radius 2 is 2.46 bits per heavy atom. The minimum atomic E-state index is 0.653. The van der Waals surface area contributed by atoms with Crippen LogP contribution in [0.3, 0.4) is 0 Å². The van der Waals surface area contributed by atoms with E-state index in [4.69, 9.17) is 0 Å². The number of rotatable bonds is 4. The SMILES string of the molecule is CCCC1CC1Nc1nnc(Br)s1. The lowest BCUT2D eigenvalue weighted by Gasteiger charge is -1.98. The lowest BCUT2D eigenvalue weighted by molar-refractivity contribution is 0.692. The van der Waals surface area contributed by atoms with E-state index < -0.39 is 0 Å². The molecule has 1 aromatic heterocycles. The summed E-state index contributed by atoms with van der Waals surface area (Å²) >= 11 is 4.85. The minimum absolute atomic E-state index is 0.653. The lowest BCUT2D eigenvalue weighted by Crippen LogP contribution is -2.03. The first-order chi connectivity index (χ1) is 6.29. The first-order valence-electron chi connectivity index (χ1n) is 4.55. The van der Waals surface area contributed by atoms with E-state index in [9.17, 15) is 0 Å². The molecule has 1 aromatic rings. The van der Waals surface area contributed by atoms with E-state index in [1.807, 2.05) is 0 Å². The number of aromatic nitrogens is 2. The molecule has 1 heterocycles. The highest BCUT2D eigenvalue weighted by Gasteiger charge is 2.36. The fourth-order valence-corrected chi connectivity index (χ4v) is 2.61. The highest BCUT2D eigenvalue weighted by Crippen LogP contribution is 2.37. The van der Waals surface area contributed by atoms with Gasteiger partial charge in [0.05, 0.1) is 0 Å². The van der Waals surface area contributed by atoms with Gasteiger partial charge in [-0.2, -0.15) is 0 Å². The van der Waals surface area contributed by atoms with Crippen molar-refractivity contribution in [1.82, 2.24) is 10.2 Å². The first kappa shape index (κ1) is 9.40. The summed E-state index contributed by atoms with van der Waals surface area (Å²) in [4.78, 5) is 0. The molecule has 0 aromatic carbocycles. The second-order valence-corrected chi connectivity index (χ2v) is 5.65. The molecule has 72 valence electrons. The molecule has 0 amide bonds. The van der Waals surface area contributed by atoms with Crippen LogP contribution in [0.2, 0.25) is 0 Å². The van der Waals surface area contributed by atoms with Gasteiger partial charge in [-0.05, 0) is 34.7 Å². The third-order valence-corrected chi connectivity index (χ3v) is 3.58. The molecular formula is C8H12BrN3S. The highest BCUT2D eigenvalue weighted by atomic mass is 79.9. The molecular weight excluding hydrogens is 250 g/mol. The standard InChI is InChI=1S/C8H12BrN3S/c1-2-3-5-4-6(5)10-8-12-11-7(9)13-8/h5-6H,2-4H2,1H3,(H,10,12). The first-order valence-corrected chi connectivity index (χ1v) is 6.16. The van der Waals surface area contributed by atoms with Crippen molar-refractivity contribution in [3.8, 4) is 0 Å². The van der Waals surface area contributed by atoms with Crippen LogP contribution >= 0.6 is 27.3 Å². The van der Waals surface area contributed by atoms with Gasteiger partial charge in [-0.25, -0.2) is 0 Å². The maximum Gasteiger partial charge on any atom is 0.206 e. The molecule has 0 aliphatic heterocycles. The van der Waals surface area contributed by atoms with Crippen LogP contribution in [0, 0.1) is 5.92 Å². The number of halogens is 1. The quantitative estimate of drug-likeness (QED) is 0.906. The van der Waals surface area contributed by atoms with Gasteiger partial charge in [0.1, 0.15) is 0 Å². The van der Waals surface area contributed by atoms with Crippen molar-refractivity contribution in [1.29, 1.82) is 0 Å². The molecule has 1 aliphatic carbocycles.